The zero-order chi connectivity index (χ0) is 45.2. The van der Waals surface area contributed by atoms with Gasteiger partial charge in [0.1, 0.15) is 13.1 Å². The molecule has 2 N–H and O–H groups in total. The summed E-state index contributed by atoms with van der Waals surface area (Å²) in [4.78, 5) is 52.9. The van der Waals surface area contributed by atoms with Gasteiger partial charge in [-0.25, -0.2) is 0 Å². The van der Waals surface area contributed by atoms with Gasteiger partial charge in [0, 0.05) is 36.2 Å². The van der Waals surface area contributed by atoms with Crippen LogP contribution in [0.2, 0.25) is 20.1 Å². The van der Waals surface area contributed by atoms with Gasteiger partial charge in [-0.2, -0.15) is 36.5 Å². The van der Waals surface area contributed by atoms with E-state index in [9.17, 15) is 50.6 Å². The van der Waals surface area contributed by atoms with Gasteiger partial charge in [0.25, 0.3) is 0 Å². The predicted octanol–water partition coefficient (Wildman–Crippen LogP) is 5.24. The molecular formula is C39H39Cl4F6N6NaO7. The van der Waals surface area contributed by atoms with E-state index in [0.717, 1.165) is 14.9 Å². The van der Waals surface area contributed by atoms with Crippen molar-refractivity contribution in [3.05, 3.63) is 103 Å². The van der Waals surface area contributed by atoms with Crippen LogP contribution in [-0.4, -0.2) is 97.0 Å². The number of alkyl halides is 6. The summed E-state index contributed by atoms with van der Waals surface area (Å²) in [6, 6.07) is 13.4. The number of hydrogen-bond donors (Lipinski definition) is 1. The summed E-state index contributed by atoms with van der Waals surface area (Å²) in [5.41, 5.74) is -3.11. The molecule has 2 amide bonds. The van der Waals surface area contributed by atoms with Crippen molar-refractivity contribution in [2.24, 2.45) is 0 Å². The number of carbonyl (C=O) groups excluding carboxylic acids is 3. The van der Waals surface area contributed by atoms with Gasteiger partial charge >= 0.3 is 53.8 Å². The molecule has 0 bridgehead atoms. The second-order valence-electron chi connectivity index (χ2n) is 14.5. The SMILES string of the molecule is COC(=O)C1(c2ccc(Cl)cc2)CCN(C(=O)Cn2nc(C(F)(F)F)c(Cl)c2C)CC1.Cc1c(Cl)c(C(F)(F)F)nn1CC(=O)N1CCC(C(=O)O)(c2ccc(Cl)cc2)CC1.[Na+].[OH-]. The van der Waals surface area contributed by atoms with Gasteiger partial charge in [-0.1, -0.05) is 70.7 Å². The second kappa shape index (κ2) is 21.2. The molecule has 0 radical (unpaired) electrons. The number of amides is 2. The molecule has 2 fully saturated rings. The molecule has 4 heterocycles. The zero-order valence-electron chi connectivity index (χ0n) is 34.1. The van der Waals surface area contributed by atoms with Crippen LogP contribution >= 0.6 is 46.4 Å². The van der Waals surface area contributed by atoms with Gasteiger partial charge in [-0.3, -0.25) is 28.5 Å². The monoisotopic (exact) mass is 980 g/mol. The van der Waals surface area contributed by atoms with E-state index in [1.54, 1.807) is 48.5 Å². The van der Waals surface area contributed by atoms with Crippen LogP contribution in [0.25, 0.3) is 0 Å². The maximum absolute atomic E-state index is 13.0. The van der Waals surface area contributed by atoms with E-state index in [-0.39, 0.29) is 92.0 Å². The van der Waals surface area contributed by atoms with Crippen LogP contribution in [0.5, 0.6) is 0 Å². The van der Waals surface area contributed by atoms with E-state index < -0.39 is 74.9 Å². The van der Waals surface area contributed by atoms with E-state index in [1.807, 2.05) is 0 Å². The molecule has 2 aliphatic rings. The van der Waals surface area contributed by atoms with E-state index in [0.29, 0.717) is 28.5 Å². The molecule has 24 heteroatoms. The molecule has 63 heavy (non-hydrogen) atoms. The molecule has 0 unspecified atom stereocenters. The molecule has 2 aromatic heterocycles. The fraction of sp³-hybridized carbons (Fsp3) is 0.436. The van der Waals surface area contributed by atoms with Gasteiger partial charge in [-0.05, 0) is 74.9 Å². The van der Waals surface area contributed by atoms with Crippen molar-refractivity contribution in [1.82, 2.24) is 29.4 Å². The summed E-state index contributed by atoms with van der Waals surface area (Å²) >= 11 is 23.3. The number of piperidine rings is 2. The van der Waals surface area contributed by atoms with E-state index in [2.05, 4.69) is 10.2 Å². The quantitative estimate of drug-likeness (QED) is 0.141. The minimum Gasteiger partial charge on any atom is -0.870 e. The molecule has 2 saturated heterocycles. The number of halogens is 10. The van der Waals surface area contributed by atoms with E-state index in [4.69, 9.17) is 51.1 Å². The Balaban J connectivity index is 0.000000325. The second-order valence-corrected chi connectivity index (χ2v) is 16.2. The number of likely N-dealkylation sites (tertiary alicyclic amines) is 2. The average molecular weight is 983 g/mol. The number of esters is 1. The Kier molecular flexibility index (Phi) is 18.1. The number of nitrogens with zero attached hydrogens (tertiary/aromatic N) is 6. The number of benzene rings is 2. The number of carbonyl (C=O) groups is 4. The molecule has 0 aliphatic carbocycles. The Labute approximate surface area is 399 Å². The fourth-order valence-corrected chi connectivity index (χ4v) is 8.16. The summed E-state index contributed by atoms with van der Waals surface area (Å²) in [6.07, 6.45) is -8.48. The van der Waals surface area contributed by atoms with Crippen molar-refractivity contribution in [2.75, 3.05) is 33.3 Å². The van der Waals surface area contributed by atoms with Crippen LogP contribution in [0, 0.1) is 13.8 Å². The zero-order valence-corrected chi connectivity index (χ0v) is 39.1. The Bertz CT molecular complexity index is 2280. The molecule has 4 aromatic rings. The molecule has 2 aromatic carbocycles. The Morgan fingerprint density at radius 2 is 0.968 bits per heavy atom. The average Bonchev–Trinajstić information content (AvgIpc) is 3.67. The maximum Gasteiger partial charge on any atom is 1.00 e. The number of carboxylic acids is 1. The third kappa shape index (κ3) is 11.6. The number of aliphatic carboxylic acids is 1. The van der Waals surface area contributed by atoms with Gasteiger partial charge in [0.05, 0.1) is 39.4 Å². The van der Waals surface area contributed by atoms with Crippen molar-refractivity contribution < 1.29 is 90.4 Å². The van der Waals surface area contributed by atoms with Crippen molar-refractivity contribution in [3.63, 3.8) is 0 Å². The van der Waals surface area contributed by atoms with Crippen LogP contribution < -0.4 is 29.6 Å². The van der Waals surface area contributed by atoms with Crippen LogP contribution in [0.3, 0.4) is 0 Å². The molecule has 0 saturated carbocycles. The van der Waals surface area contributed by atoms with Crippen LogP contribution in [0.1, 0.15) is 59.6 Å². The number of aromatic nitrogens is 4. The van der Waals surface area contributed by atoms with Crippen molar-refractivity contribution in [1.29, 1.82) is 0 Å². The Morgan fingerprint density at radius 1 is 0.651 bits per heavy atom. The first-order valence-electron chi connectivity index (χ1n) is 18.4. The molecule has 338 valence electrons. The Hall–Kier alpha value is -3.56. The first-order valence-corrected chi connectivity index (χ1v) is 20.0. The van der Waals surface area contributed by atoms with Crippen LogP contribution in [0.4, 0.5) is 26.3 Å². The third-order valence-electron chi connectivity index (χ3n) is 11.1. The van der Waals surface area contributed by atoms with E-state index >= 15 is 0 Å². The normalized spacial score (nSPS) is 15.9. The smallest absolute Gasteiger partial charge is 0.870 e. The van der Waals surface area contributed by atoms with Gasteiger partial charge in [0.15, 0.2) is 11.4 Å². The summed E-state index contributed by atoms with van der Waals surface area (Å²) in [6.45, 7) is 2.69. The minimum absolute atomic E-state index is 0. The van der Waals surface area contributed by atoms with Crippen molar-refractivity contribution in [3.8, 4) is 0 Å². The fourth-order valence-electron chi connectivity index (χ4n) is 7.42. The molecular weight excluding hydrogens is 943 g/mol. The standard InChI is InChI=1S/C20H20Cl2F3N3O3.C19H18Cl2F3N3O3.Na.H2O/c1-12-16(22)17(20(23,24)25)26-28(12)11-15(29)27-9-7-19(8-10-27,18(30)31-2)13-3-5-14(21)6-4-13;1-11-15(21)16(19(22,23)24)25-27(11)10-14(28)26-8-6-18(7-9-26,17(29)30)12-2-4-13(20)5-3-12;;/h3-6H,7-11H2,1-2H3;2-5H,6-10H2,1H3,(H,29,30);;1H2/q;;+1;/p-1. The first-order chi connectivity index (χ1) is 28.4. The van der Waals surface area contributed by atoms with Crippen molar-refractivity contribution in [2.45, 2.75) is 75.8 Å². The number of carboxylic acid groups (broad SMARTS) is 1. The largest absolute Gasteiger partial charge is 1.00 e. The maximum atomic E-state index is 13.0. The molecule has 13 nitrogen and oxygen atoms in total. The number of ether oxygens (including phenoxy) is 1. The predicted molar refractivity (Wildman–Crippen MR) is 213 cm³/mol. The van der Waals surface area contributed by atoms with Crippen LogP contribution in [0.15, 0.2) is 48.5 Å². The summed E-state index contributed by atoms with van der Waals surface area (Å²) < 4.78 is 84.8. The molecule has 6 rings (SSSR count). The molecule has 0 atom stereocenters. The number of rotatable bonds is 8. The van der Waals surface area contributed by atoms with Gasteiger partial charge in [-0.15, -0.1) is 0 Å². The third-order valence-corrected chi connectivity index (χ3v) is 12.5. The summed E-state index contributed by atoms with van der Waals surface area (Å²) in [5, 5.41) is 16.7. The summed E-state index contributed by atoms with van der Waals surface area (Å²) in [7, 11) is 1.31. The van der Waals surface area contributed by atoms with Crippen molar-refractivity contribution >= 4 is 70.2 Å². The van der Waals surface area contributed by atoms with E-state index in [1.165, 1.54) is 30.8 Å². The molecule has 2 aliphatic heterocycles. The topological polar surface area (TPSA) is 170 Å². The van der Waals surface area contributed by atoms with Gasteiger partial charge in [0.2, 0.25) is 11.8 Å². The number of methoxy groups -OCH3 is 1. The number of hydrogen-bond acceptors (Lipinski definition) is 8. The van der Waals surface area contributed by atoms with Gasteiger partial charge < -0.3 is 25.1 Å². The summed E-state index contributed by atoms with van der Waals surface area (Å²) in [5.74, 6) is -2.28. The van der Waals surface area contributed by atoms with Crippen LogP contribution in [-0.2, 0) is 60.2 Å². The minimum atomic E-state index is -4.72. The molecule has 0 spiro atoms. The first kappa shape index (κ1) is 53.8. The Morgan fingerprint density at radius 3 is 1.25 bits per heavy atom.